The fraction of sp³-hybridized carbons (Fsp3) is 0.0667. The second-order valence-corrected chi connectivity index (χ2v) is 5.27. The molecule has 0 radical (unpaired) electrons. The molecule has 5 nitrogen and oxygen atoms in total. The zero-order valence-corrected chi connectivity index (χ0v) is 12.0. The first kappa shape index (κ1) is 13.5. The lowest BCUT2D eigenvalue weighted by molar-refractivity contribution is 0.478. The van der Waals surface area contributed by atoms with Gasteiger partial charge in [-0.15, -0.1) is 10.2 Å². The summed E-state index contributed by atoms with van der Waals surface area (Å²) in [6.07, 6.45) is 1.48. The lowest BCUT2D eigenvalue weighted by Crippen LogP contribution is -2.07. The summed E-state index contributed by atoms with van der Waals surface area (Å²) >= 11 is 1.52. The lowest BCUT2D eigenvalue weighted by atomic mass is 10.2. The highest BCUT2D eigenvalue weighted by Gasteiger charge is 2.08. The quantitative estimate of drug-likeness (QED) is 0.579. The van der Waals surface area contributed by atoms with Gasteiger partial charge in [0.1, 0.15) is 17.8 Å². The average Bonchev–Trinajstić information content (AvgIpc) is 2.93. The molecule has 0 fully saturated rings. The molecular formula is C15H14N4OS. The van der Waals surface area contributed by atoms with Crippen LogP contribution in [0.1, 0.15) is 5.56 Å². The van der Waals surface area contributed by atoms with E-state index in [1.165, 1.54) is 22.8 Å². The maximum atomic E-state index is 5.92. The van der Waals surface area contributed by atoms with Crippen LogP contribution in [0.25, 0.3) is 0 Å². The highest BCUT2D eigenvalue weighted by atomic mass is 32.2. The van der Waals surface area contributed by atoms with E-state index in [4.69, 9.17) is 10.6 Å². The van der Waals surface area contributed by atoms with Crippen LogP contribution in [0.15, 0.2) is 66.1 Å². The summed E-state index contributed by atoms with van der Waals surface area (Å²) in [6, 6.07) is 17.6. The predicted octanol–water partition coefficient (Wildman–Crippen LogP) is 3.08. The summed E-state index contributed by atoms with van der Waals surface area (Å²) in [5, 5.41) is 8.39. The maximum absolute atomic E-state index is 5.92. The van der Waals surface area contributed by atoms with E-state index in [2.05, 4.69) is 10.2 Å². The van der Waals surface area contributed by atoms with Crippen LogP contribution in [-0.2, 0) is 5.75 Å². The molecule has 2 N–H and O–H groups in total. The number of hydrogen-bond acceptors (Lipinski definition) is 5. The van der Waals surface area contributed by atoms with E-state index in [1.54, 1.807) is 0 Å². The van der Waals surface area contributed by atoms with Gasteiger partial charge in [0.2, 0.25) is 5.16 Å². The van der Waals surface area contributed by atoms with Gasteiger partial charge in [-0.05, 0) is 18.2 Å². The van der Waals surface area contributed by atoms with Gasteiger partial charge in [-0.25, -0.2) is 4.68 Å². The fourth-order valence-electron chi connectivity index (χ4n) is 1.82. The second-order valence-electron chi connectivity index (χ2n) is 4.33. The van der Waals surface area contributed by atoms with Crippen molar-refractivity contribution in [3.05, 3.63) is 66.5 Å². The number of ether oxygens (including phenoxy) is 1. The maximum Gasteiger partial charge on any atom is 0.209 e. The van der Waals surface area contributed by atoms with Gasteiger partial charge in [0.05, 0.1) is 0 Å². The summed E-state index contributed by atoms with van der Waals surface area (Å²) in [5.41, 5.74) is 1.08. The standard InChI is InChI=1S/C15H14N4OS/c16-19-11-17-18-15(19)21-10-12-6-4-5-9-14(12)20-13-7-2-1-3-8-13/h1-9,11H,10,16H2. The number of rotatable bonds is 5. The van der Waals surface area contributed by atoms with Gasteiger partial charge >= 0.3 is 0 Å². The van der Waals surface area contributed by atoms with Crippen LogP contribution >= 0.6 is 11.8 Å². The zero-order valence-electron chi connectivity index (χ0n) is 11.2. The molecular weight excluding hydrogens is 284 g/mol. The fourth-order valence-corrected chi connectivity index (χ4v) is 2.64. The highest BCUT2D eigenvalue weighted by Crippen LogP contribution is 2.29. The van der Waals surface area contributed by atoms with Gasteiger partial charge in [-0.1, -0.05) is 48.2 Å². The Hall–Kier alpha value is -2.47. The van der Waals surface area contributed by atoms with E-state index in [0.29, 0.717) is 10.9 Å². The molecule has 21 heavy (non-hydrogen) atoms. The van der Waals surface area contributed by atoms with Gasteiger partial charge in [0.25, 0.3) is 0 Å². The SMILES string of the molecule is Nn1cnnc1SCc1ccccc1Oc1ccccc1. The summed E-state index contributed by atoms with van der Waals surface area (Å²) in [5.74, 6) is 8.06. The first-order valence-corrected chi connectivity index (χ1v) is 7.40. The number of para-hydroxylation sites is 2. The van der Waals surface area contributed by atoms with Crippen molar-refractivity contribution in [3.8, 4) is 11.5 Å². The number of aromatic nitrogens is 3. The Kier molecular flexibility index (Phi) is 4.07. The van der Waals surface area contributed by atoms with Crippen LogP contribution in [-0.4, -0.2) is 14.9 Å². The number of hydrogen-bond donors (Lipinski definition) is 1. The van der Waals surface area contributed by atoms with Gasteiger partial charge in [0, 0.05) is 11.3 Å². The monoisotopic (exact) mass is 298 g/mol. The third-order valence-electron chi connectivity index (χ3n) is 2.84. The second kappa shape index (κ2) is 6.32. The van der Waals surface area contributed by atoms with Gasteiger partial charge < -0.3 is 10.6 Å². The molecule has 1 heterocycles. The van der Waals surface area contributed by atoms with Crippen LogP contribution in [0.4, 0.5) is 0 Å². The van der Waals surface area contributed by atoms with Gasteiger partial charge in [-0.3, -0.25) is 0 Å². The number of thioether (sulfide) groups is 1. The molecule has 0 spiro atoms. The predicted molar refractivity (Wildman–Crippen MR) is 82.7 cm³/mol. The molecule has 0 bridgehead atoms. The number of nitrogens with two attached hydrogens (primary N) is 1. The molecule has 0 aliphatic carbocycles. The number of benzene rings is 2. The molecule has 6 heteroatoms. The van der Waals surface area contributed by atoms with E-state index in [-0.39, 0.29) is 0 Å². The van der Waals surface area contributed by atoms with E-state index in [9.17, 15) is 0 Å². The van der Waals surface area contributed by atoms with Crippen molar-refractivity contribution in [2.24, 2.45) is 0 Å². The molecule has 0 saturated heterocycles. The minimum absolute atomic E-state index is 0.671. The van der Waals surface area contributed by atoms with Crippen LogP contribution in [0, 0.1) is 0 Å². The molecule has 0 aliphatic heterocycles. The van der Waals surface area contributed by atoms with Crippen molar-refractivity contribution >= 4 is 11.8 Å². The van der Waals surface area contributed by atoms with Crippen molar-refractivity contribution in [2.45, 2.75) is 10.9 Å². The molecule has 0 atom stereocenters. The van der Waals surface area contributed by atoms with Crippen LogP contribution in [0.2, 0.25) is 0 Å². The van der Waals surface area contributed by atoms with E-state index in [0.717, 1.165) is 17.1 Å². The Morgan fingerprint density at radius 3 is 2.57 bits per heavy atom. The molecule has 0 aliphatic rings. The molecule has 2 aromatic carbocycles. The minimum Gasteiger partial charge on any atom is -0.457 e. The Labute approximate surface area is 126 Å². The Morgan fingerprint density at radius 2 is 1.81 bits per heavy atom. The Balaban J connectivity index is 1.75. The van der Waals surface area contributed by atoms with E-state index >= 15 is 0 Å². The molecule has 106 valence electrons. The molecule has 0 unspecified atom stereocenters. The van der Waals surface area contributed by atoms with Crippen molar-refractivity contribution in [1.29, 1.82) is 0 Å². The lowest BCUT2D eigenvalue weighted by Gasteiger charge is -2.10. The molecule has 3 aromatic rings. The van der Waals surface area contributed by atoms with Crippen molar-refractivity contribution in [1.82, 2.24) is 14.9 Å². The van der Waals surface area contributed by atoms with Gasteiger partial charge in [-0.2, -0.15) is 0 Å². The summed E-state index contributed by atoms with van der Waals surface area (Å²) in [6.45, 7) is 0. The largest absolute Gasteiger partial charge is 0.457 e. The summed E-state index contributed by atoms with van der Waals surface area (Å²) in [7, 11) is 0. The smallest absolute Gasteiger partial charge is 0.209 e. The van der Waals surface area contributed by atoms with Gasteiger partial charge in [0.15, 0.2) is 0 Å². The van der Waals surface area contributed by atoms with E-state index < -0.39 is 0 Å². The average molecular weight is 298 g/mol. The van der Waals surface area contributed by atoms with Crippen LogP contribution in [0.3, 0.4) is 0 Å². The highest BCUT2D eigenvalue weighted by molar-refractivity contribution is 7.98. The topological polar surface area (TPSA) is 66.0 Å². The normalized spacial score (nSPS) is 10.5. The first-order chi connectivity index (χ1) is 10.3. The summed E-state index contributed by atoms with van der Waals surface area (Å²) in [4.78, 5) is 0. The Morgan fingerprint density at radius 1 is 1.05 bits per heavy atom. The van der Waals surface area contributed by atoms with Crippen molar-refractivity contribution in [3.63, 3.8) is 0 Å². The first-order valence-electron chi connectivity index (χ1n) is 6.41. The van der Waals surface area contributed by atoms with E-state index in [1.807, 2.05) is 54.6 Å². The van der Waals surface area contributed by atoms with Crippen molar-refractivity contribution in [2.75, 3.05) is 5.84 Å². The molecule has 3 rings (SSSR count). The third-order valence-corrected chi connectivity index (χ3v) is 3.85. The molecule has 0 amide bonds. The molecule has 0 saturated carbocycles. The zero-order chi connectivity index (χ0) is 14.5. The number of nitrogens with zero attached hydrogens (tertiary/aromatic N) is 3. The molecule has 1 aromatic heterocycles. The van der Waals surface area contributed by atoms with Crippen LogP contribution in [0.5, 0.6) is 11.5 Å². The minimum atomic E-state index is 0.671. The third kappa shape index (κ3) is 3.35. The number of nitrogen functional groups attached to an aromatic ring is 1. The van der Waals surface area contributed by atoms with Crippen LogP contribution < -0.4 is 10.6 Å². The summed E-state index contributed by atoms with van der Waals surface area (Å²) < 4.78 is 7.33. The Bertz CT molecular complexity index is 714. The van der Waals surface area contributed by atoms with Crippen molar-refractivity contribution < 1.29 is 4.74 Å².